The molecule has 0 aromatic heterocycles. The zero-order valence-electron chi connectivity index (χ0n) is 7.42. The molecular weight excluding hydrogens is 126 g/mol. The van der Waals surface area contributed by atoms with Crippen molar-refractivity contribution in [2.24, 2.45) is 11.7 Å². The molecule has 1 unspecified atom stereocenters. The normalized spacial score (nSPS) is 14.7. The fourth-order valence-corrected chi connectivity index (χ4v) is 0.870. The Labute approximate surface area is 63.7 Å². The molecular formula is C8H19NO. The van der Waals surface area contributed by atoms with Crippen LogP contribution in [0.3, 0.4) is 0 Å². The Morgan fingerprint density at radius 2 is 1.70 bits per heavy atom. The van der Waals surface area contributed by atoms with Gasteiger partial charge in [-0.25, -0.2) is 0 Å². The SMILES string of the molecule is CC(C)CC(N)OC(C)C. The number of nitrogens with two attached hydrogens (primary N) is 1. The van der Waals surface area contributed by atoms with Gasteiger partial charge in [0.15, 0.2) is 0 Å². The van der Waals surface area contributed by atoms with Crippen LogP contribution in [0.15, 0.2) is 0 Å². The molecule has 2 heteroatoms. The minimum Gasteiger partial charge on any atom is -0.361 e. The number of ether oxygens (including phenoxy) is 1. The quantitative estimate of drug-likeness (QED) is 0.611. The summed E-state index contributed by atoms with van der Waals surface area (Å²) in [6.45, 7) is 8.29. The maximum atomic E-state index is 5.65. The van der Waals surface area contributed by atoms with Crippen LogP contribution in [0.2, 0.25) is 0 Å². The molecule has 10 heavy (non-hydrogen) atoms. The van der Waals surface area contributed by atoms with Gasteiger partial charge in [-0.15, -0.1) is 0 Å². The van der Waals surface area contributed by atoms with Crippen LogP contribution in [-0.4, -0.2) is 12.3 Å². The molecule has 0 saturated carbocycles. The van der Waals surface area contributed by atoms with Crippen LogP contribution >= 0.6 is 0 Å². The molecule has 0 saturated heterocycles. The lowest BCUT2D eigenvalue weighted by Crippen LogP contribution is -2.28. The van der Waals surface area contributed by atoms with Crippen molar-refractivity contribution in [2.45, 2.75) is 46.4 Å². The molecule has 2 nitrogen and oxygen atoms in total. The highest BCUT2D eigenvalue weighted by Gasteiger charge is 2.06. The van der Waals surface area contributed by atoms with E-state index in [0.717, 1.165) is 6.42 Å². The summed E-state index contributed by atoms with van der Waals surface area (Å²) in [7, 11) is 0. The van der Waals surface area contributed by atoms with Crippen molar-refractivity contribution in [3.63, 3.8) is 0 Å². The largest absolute Gasteiger partial charge is 0.361 e. The first-order chi connectivity index (χ1) is 4.52. The molecule has 0 aromatic rings. The summed E-state index contributed by atoms with van der Waals surface area (Å²) in [5.74, 6) is 0.619. The van der Waals surface area contributed by atoms with Crippen molar-refractivity contribution in [1.82, 2.24) is 0 Å². The van der Waals surface area contributed by atoms with E-state index in [1.54, 1.807) is 0 Å². The smallest absolute Gasteiger partial charge is 0.106 e. The zero-order chi connectivity index (χ0) is 8.15. The van der Waals surface area contributed by atoms with E-state index in [2.05, 4.69) is 13.8 Å². The maximum Gasteiger partial charge on any atom is 0.106 e. The zero-order valence-corrected chi connectivity index (χ0v) is 7.42. The van der Waals surface area contributed by atoms with Crippen LogP contribution in [-0.2, 0) is 4.74 Å². The van der Waals surface area contributed by atoms with Gasteiger partial charge in [0.2, 0.25) is 0 Å². The van der Waals surface area contributed by atoms with Gasteiger partial charge in [0, 0.05) is 0 Å². The van der Waals surface area contributed by atoms with Gasteiger partial charge in [-0.3, -0.25) is 0 Å². The van der Waals surface area contributed by atoms with E-state index in [4.69, 9.17) is 10.5 Å². The van der Waals surface area contributed by atoms with Crippen LogP contribution in [0.1, 0.15) is 34.1 Å². The monoisotopic (exact) mass is 145 g/mol. The molecule has 0 aromatic carbocycles. The van der Waals surface area contributed by atoms with E-state index in [9.17, 15) is 0 Å². The van der Waals surface area contributed by atoms with Crippen LogP contribution in [0, 0.1) is 5.92 Å². The van der Waals surface area contributed by atoms with Crippen molar-refractivity contribution < 1.29 is 4.74 Å². The van der Waals surface area contributed by atoms with Crippen molar-refractivity contribution in [3.8, 4) is 0 Å². The van der Waals surface area contributed by atoms with E-state index in [0.29, 0.717) is 5.92 Å². The minimum absolute atomic E-state index is 0.0833. The molecule has 0 radical (unpaired) electrons. The molecule has 2 N–H and O–H groups in total. The summed E-state index contributed by atoms with van der Waals surface area (Å²) in [5, 5.41) is 0. The second-order valence-electron chi connectivity index (χ2n) is 3.35. The van der Waals surface area contributed by atoms with Crippen molar-refractivity contribution in [1.29, 1.82) is 0 Å². The third-order valence-corrected chi connectivity index (χ3v) is 1.15. The predicted octanol–water partition coefficient (Wildman–Crippen LogP) is 1.74. The van der Waals surface area contributed by atoms with E-state index in [-0.39, 0.29) is 12.3 Å². The van der Waals surface area contributed by atoms with E-state index in [1.165, 1.54) is 0 Å². The summed E-state index contributed by atoms with van der Waals surface area (Å²) < 4.78 is 5.34. The lowest BCUT2D eigenvalue weighted by Gasteiger charge is -2.17. The summed E-state index contributed by atoms with van der Waals surface area (Å²) >= 11 is 0. The highest BCUT2D eigenvalue weighted by molar-refractivity contribution is 4.53. The first-order valence-electron chi connectivity index (χ1n) is 3.93. The fourth-order valence-electron chi connectivity index (χ4n) is 0.870. The van der Waals surface area contributed by atoms with E-state index >= 15 is 0 Å². The molecule has 1 atom stereocenters. The lowest BCUT2D eigenvalue weighted by molar-refractivity contribution is 0.000780. The molecule has 0 fully saturated rings. The standard InChI is InChI=1S/C8H19NO/c1-6(2)5-8(9)10-7(3)4/h6-8H,5,9H2,1-4H3. The Balaban J connectivity index is 3.34. The third-order valence-electron chi connectivity index (χ3n) is 1.15. The van der Waals surface area contributed by atoms with Crippen molar-refractivity contribution in [2.75, 3.05) is 0 Å². The van der Waals surface area contributed by atoms with Gasteiger partial charge in [0.25, 0.3) is 0 Å². The lowest BCUT2D eigenvalue weighted by atomic mass is 10.1. The Hall–Kier alpha value is -0.0800. The topological polar surface area (TPSA) is 35.2 Å². The molecule has 0 bridgehead atoms. The van der Waals surface area contributed by atoms with Gasteiger partial charge >= 0.3 is 0 Å². The summed E-state index contributed by atoms with van der Waals surface area (Å²) in [4.78, 5) is 0. The van der Waals surface area contributed by atoms with Crippen LogP contribution < -0.4 is 5.73 Å². The average Bonchev–Trinajstić information content (AvgIpc) is 1.58. The van der Waals surface area contributed by atoms with Crippen LogP contribution in [0.25, 0.3) is 0 Å². The number of hydrogen-bond acceptors (Lipinski definition) is 2. The summed E-state index contributed by atoms with van der Waals surface area (Å²) in [6.07, 6.45) is 1.10. The van der Waals surface area contributed by atoms with Gasteiger partial charge in [-0.1, -0.05) is 13.8 Å². The highest BCUT2D eigenvalue weighted by Crippen LogP contribution is 2.05. The van der Waals surface area contributed by atoms with E-state index < -0.39 is 0 Å². The van der Waals surface area contributed by atoms with Crippen LogP contribution in [0.4, 0.5) is 0 Å². The van der Waals surface area contributed by atoms with E-state index in [1.807, 2.05) is 13.8 Å². The summed E-state index contributed by atoms with van der Waals surface area (Å²) in [6, 6.07) is 0. The van der Waals surface area contributed by atoms with Gasteiger partial charge in [0.05, 0.1) is 6.10 Å². The Morgan fingerprint density at radius 1 is 1.20 bits per heavy atom. The first-order valence-corrected chi connectivity index (χ1v) is 3.93. The van der Waals surface area contributed by atoms with Crippen molar-refractivity contribution in [3.05, 3.63) is 0 Å². The average molecular weight is 145 g/mol. The summed E-state index contributed by atoms with van der Waals surface area (Å²) in [5.41, 5.74) is 5.65. The number of hydrogen-bond donors (Lipinski definition) is 1. The fraction of sp³-hybridized carbons (Fsp3) is 1.00. The van der Waals surface area contributed by atoms with Gasteiger partial charge in [-0.05, 0) is 26.2 Å². The van der Waals surface area contributed by atoms with Gasteiger partial charge in [0.1, 0.15) is 6.23 Å². The molecule has 0 aliphatic heterocycles. The second kappa shape index (κ2) is 4.69. The molecule has 0 heterocycles. The maximum absolute atomic E-state index is 5.65. The molecule has 62 valence electrons. The van der Waals surface area contributed by atoms with Gasteiger partial charge in [-0.2, -0.15) is 0 Å². The first kappa shape index (κ1) is 9.92. The van der Waals surface area contributed by atoms with Crippen LogP contribution in [0.5, 0.6) is 0 Å². The van der Waals surface area contributed by atoms with Crippen molar-refractivity contribution >= 4 is 0 Å². The van der Waals surface area contributed by atoms with Gasteiger partial charge < -0.3 is 10.5 Å². The molecule has 0 spiro atoms. The number of rotatable bonds is 4. The third kappa shape index (κ3) is 6.05. The molecule has 0 amide bonds. The predicted molar refractivity (Wildman–Crippen MR) is 43.7 cm³/mol. The molecule has 0 aliphatic carbocycles. The Morgan fingerprint density at radius 3 is 2.00 bits per heavy atom. The Kier molecular flexibility index (Phi) is 4.65. The molecule has 0 aliphatic rings. The second-order valence-corrected chi connectivity index (χ2v) is 3.35. The Bertz CT molecular complexity index is 71.3. The highest BCUT2D eigenvalue weighted by atomic mass is 16.5. The molecule has 0 rings (SSSR count). The minimum atomic E-state index is -0.0833.